The molecule has 3 aromatic rings. The predicted molar refractivity (Wildman–Crippen MR) is 103 cm³/mol. The van der Waals surface area contributed by atoms with Gasteiger partial charge in [0, 0.05) is 5.41 Å². The second-order valence-electron chi connectivity index (χ2n) is 7.92. The Morgan fingerprint density at radius 1 is 0.720 bits per heavy atom. The van der Waals surface area contributed by atoms with Gasteiger partial charge in [0.1, 0.15) is 5.75 Å². The van der Waals surface area contributed by atoms with Crippen molar-refractivity contribution in [2.45, 2.75) is 38.0 Å². The van der Waals surface area contributed by atoms with Crippen LogP contribution in [-0.2, 0) is 10.8 Å². The molecular formula is C24H24O. The van der Waals surface area contributed by atoms with E-state index in [1.807, 2.05) is 0 Å². The van der Waals surface area contributed by atoms with Crippen LogP contribution in [-0.4, -0.2) is 5.11 Å². The number of aryl methyl sites for hydroxylation is 1. The second kappa shape index (κ2) is 5.49. The van der Waals surface area contributed by atoms with Crippen molar-refractivity contribution >= 4 is 0 Å². The number of rotatable bonds is 2. The molecule has 1 heteroatoms. The molecule has 4 rings (SSSR count). The topological polar surface area (TPSA) is 20.2 Å². The highest BCUT2D eigenvalue weighted by molar-refractivity contribution is 5.59. The van der Waals surface area contributed by atoms with Crippen LogP contribution in [0.3, 0.4) is 0 Å². The molecule has 1 atom stereocenters. The lowest BCUT2D eigenvalue weighted by atomic mass is 9.68. The molecule has 1 N–H and O–H groups in total. The van der Waals surface area contributed by atoms with Gasteiger partial charge >= 0.3 is 0 Å². The minimum Gasteiger partial charge on any atom is -0.508 e. The second-order valence-corrected chi connectivity index (χ2v) is 7.92. The van der Waals surface area contributed by atoms with E-state index in [0.717, 1.165) is 6.42 Å². The Bertz CT molecular complexity index is 856. The summed E-state index contributed by atoms with van der Waals surface area (Å²) in [5, 5.41) is 9.79. The van der Waals surface area contributed by atoms with Gasteiger partial charge in [0.15, 0.2) is 0 Å². The molecule has 0 bridgehead atoms. The Morgan fingerprint density at radius 2 is 1.24 bits per heavy atom. The quantitative estimate of drug-likeness (QED) is 0.638. The summed E-state index contributed by atoms with van der Waals surface area (Å²) in [4.78, 5) is 0. The van der Waals surface area contributed by atoms with E-state index in [1.54, 1.807) is 12.1 Å². The number of phenolic OH excluding ortho intramolecular Hbond substituents is 1. The van der Waals surface area contributed by atoms with Crippen molar-refractivity contribution in [3.05, 3.63) is 101 Å². The zero-order chi connectivity index (χ0) is 17.7. The van der Waals surface area contributed by atoms with Crippen LogP contribution < -0.4 is 0 Å². The molecule has 0 aromatic heterocycles. The van der Waals surface area contributed by atoms with Crippen LogP contribution in [0.2, 0.25) is 0 Å². The first-order valence-corrected chi connectivity index (χ1v) is 8.90. The third-order valence-electron chi connectivity index (χ3n) is 5.73. The van der Waals surface area contributed by atoms with E-state index < -0.39 is 0 Å². The molecule has 126 valence electrons. The Labute approximate surface area is 150 Å². The molecule has 25 heavy (non-hydrogen) atoms. The average molecular weight is 328 g/mol. The Morgan fingerprint density at radius 3 is 1.84 bits per heavy atom. The largest absolute Gasteiger partial charge is 0.508 e. The Kier molecular flexibility index (Phi) is 3.50. The van der Waals surface area contributed by atoms with Crippen molar-refractivity contribution in [1.29, 1.82) is 0 Å². The fraction of sp³-hybridized carbons (Fsp3) is 0.250. The summed E-state index contributed by atoms with van der Waals surface area (Å²) in [6.07, 6.45) is 1.02. The first-order valence-electron chi connectivity index (χ1n) is 8.90. The zero-order valence-electron chi connectivity index (χ0n) is 15.1. The van der Waals surface area contributed by atoms with Crippen molar-refractivity contribution in [2.75, 3.05) is 0 Å². The third kappa shape index (κ3) is 2.38. The van der Waals surface area contributed by atoms with E-state index in [0.29, 0.717) is 5.75 Å². The minimum atomic E-state index is -0.179. The number of fused-ring (bicyclic) bond motifs is 1. The molecule has 0 heterocycles. The summed E-state index contributed by atoms with van der Waals surface area (Å²) in [5.41, 5.74) is 6.56. The highest BCUT2D eigenvalue weighted by Crippen LogP contribution is 2.56. The molecule has 0 radical (unpaired) electrons. The summed E-state index contributed by atoms with van der Waals surface area (Å²) in [6, 6.07) is 25.5. The SMILES string of the molecule is Cc1ccc(C2(c3ccc(O)cc3)CC(C)(C)c3ccccc32)cc1. The van der Waals surface area contributed by atoms with Gasteiger partial charge in [0.2, 0.25) is 0 Å². The lowest BCUT2D eigenvalue weighted by Crippen LogP contribution is -2.28. The molecule has 1 aliphatic rings. The summed E-state index contributed by atoms with van der Waals surface area (Å²) in [6.45, 7) is 6.80. The van der Waals surface area contributed by atoms with E-state index in [2.05, 4.69) is 81.4 Å². The summed E-state index contributed by atoms with van der Waals surface area (Å²) < 4.78 is 0. The fourth-order valence-corrected chi connectivity index (χ4v) is 4.56. The fourth-order valence-electron chi connectivity index (χ4n) is 4.56. The monoisotopic (exact) mass is 328 g/mol. The molecule has 0 aliphatic heterocycles. The molecule has 1 unspecified atom stereocenters. The van der Waals surface area contributed by atoms with Crippen molar-refractivity contribution < 1.29 is 5.11 Å². The van der Waals surface area contributed by atoms with Gasteiger partial charge < -0.3 is 5.11 Å². The minimum absolute atomic E-state index is 0.0966. The van der Waals surface area contributed by atoms with E-state index >= 15 is 0 Å². The summed E-state index contributed by atoms with van der Waals surface area (Å²) in [5.74, 6) is 0.313. The number of benzene rings is 3. The van der Waals surface area contributed by atoms with Crippen molar-refractivity contribution in [2.24, 2.45) is 0 Å². The van der Waals surface area contributed by atoms with Gasteiger partial charge in [-0.3, -0.25) is 0 Å². The van der Waals surface area contributed by atoms with Gasteiger partial charge in [-0.1, -0.05) is 80.1 Å². The van der Waals surface area contributed by atoms with Crippen LogP contribution in [0.15, 0.2) is 72.8 Å². The molecule has 0 saturated heterocycles. The predicted octanol–water partition coefficient (Wildman–Crippen LogP) is 5.72. The molecule has 0 fully saturated rings. The standard InChI is InChI=1S/C24H24O/c1-17-8-10-18(11-9-17)24(19-12-14-20(25)15-13-19)16-23(2,3)21-6-4-5-7-22(21)24/h4-15,25H,16H2,1-3H3. The van der Waals surface area contributed by atoms with Crippen molar-refractivity contribution in [3.63, 3.8) is 0 Å². The molecule has 0 saturated carbocycles. The smallest absolute Gasteiger partial charge is 0.115 e. The highest BCUT2D eigenvalue weighted by atomic mass is 16.3. The van der Waals surface area contributed by atoms with Crippen LogP contribution in [0, 0.1) is 6.92 Å². The van der Waals surface area contributed by atoms with Crippen LogP contribution >= 0.6 is 0 Å². The normalized spacial score (nSPS) is 21.1. The maximum absolute atomic E-state index is 9.79. The van der Waals surface area contributed by atoms with E-state index in [-0.39, 0.29) is 10.8 Å². The maximum atomic E-state index is 9.79. The van der Waals surface area contributed by atoms with E-state index in [4.69, 9.17) is 0 Å². The van der Waals surface area contributed by atoms with Crippen LogP contribution in [0.25, 0.3) is 0 Å². The van der Waals surface area contributed by atoms with Crippen molar-refractivity contribution in [1.82, 2.24) is 0 Å². The van der Waals surface area contributed by atoms with Gasteiger partial charge in [-0.25, -0.2) is 0 Å². The van der Waals surface area contributed by atoms with Gasteiger partial charge in [-0.15, -0.1) is 0 Å². The number of hydrogen-bond acceptors (Lipinski definition) is 1. The van der Waals surface area contributed by atoms with Crippen LogP contribution in [0.1, 0.15) is 48.1 Å². The van der Waals surface area contributed by atoms with Gasteiger partial charge in [0.05, 0.1) is 0 Å². The van der Waals surface area contributed by atoms with Gasteiger partial charge in [0.25, 0.3) is 0 Å². The van der Waals surface area contributed by atoms with Gasteiger partial charge in [-0.05, 0) is 53.1 Å². The zero-order valence-corrected chi connectivity index (χ0v) is 15.1. The summed E-state index contributed by atoms with van der Waals surface area (Å²) in [7, 11) is 0. The third-order valence-corrected chi connectivity index (χ3v) is 5.73. The van der Waals surface area contributed by atoms with Crippen LogP contribution in [0.4, 0.5) is 0 Å². The Hall–Kier alpha value is -2.54. The molecular weight excluding hydrogens is 304 g/mol. The number of phenols is 1. The molecule has 1 aliphatic carbocycles. The number of aromatic hydroxyl groups is 1. The summed E-state index contributed by atoms with van der Waals surface area (Å²) >= 11 is 0. The van der Waals surface area contributed by atoms with E-state index in [1.165, 1.54) is 27.8 Å². The first kappa shape index (κ1) is 16.0. The van der Waals surface area contributed by atoms with Gasteiger partial charge in [-0.2, -0.15) is 0 Å². The average Bonchev–Trinajstić information content (AvgIpc) is 2.85. The van der Waals surface area contributed by atoms with Crippen molar-refractivity contribution in [3.8, 4) is 5.75 Å². The Balaban J connectivity index is 2.05. The maximum Gasteiger partial charge on any atom is 0.115 e. The van der Waals surface area contributed by atoms with Crippen LogP contribution in [0.5, 0.6) is 5.75 Å². The molecule has 1 nitrogen and oxygen atoms in total. The highest BCUT2D eigenvalue weighted by Gasteiger charge is 2.49. The first-order chi connectivity index (χ1) is 11.9. The van der Waals surface area contributed by atoms with E-state index in [9.17, 15) is 5.11 Å². The molecule has 0 spiro atoms. The molecule has 0 amide bonds. The lowest BCUT2D eigenvalue weighted by Gasteiger charge is -2.34. The number of hydrogen-bond donors (Lipinski definition) is 1. The lowest BCUT2D eigenvalue weighted by molar-refractivity contribution is 0.442. The molecule has 3 aromatic carbocycles.